The highest BCUT2D eigenvalue weighted by molar-refractivity contribution is 7.74. The standard InChI is InChI=1S/C34H36FN4P/c1-34(2)31-16-10-11-17-32(31)37(3)33(34)26-40(30-14-8-5-9-15-30,36-28-20-18-27(35)19-21-28)39-24-22-38(23-25-39)29-12-6-4-7-13-29/h4-21,26H,22-25H2,1-3H3. The molecule has 204 valence electrons. The molecule has 40 heavy (non-hydrogen) atoms. The molecule has 0 bridgehead atoms. The van der Waals surface area contributed by atoms with E-state index in [0.29, 0.717) is 0 Å². The maximum atomic E-state index is 14.0. The quantitative estimate of drug-likeness (QED) is 0.235. The van der Waals surface area contributed by atoms with Gasteiger partial charge in [-0.15, -0.1) is 0 Å². The zero-order valence-electron chi connectivity index (χ0n) is 23.4. The number of anilines is 2. The Bertz CT molecular complexity index is 1560. The van der Waals surface area contributed by atoms with Gasteiger partial charge in [-0.3, -0.25) is 4.67 Å². The molecule has 0 aromatic heterocycles. The van der Waals surface area contributed by atoms with E-state index in [2.05, 4.69) is 126 Å². The number of piperazine rings is 1. The van der Waals surface area contributed by atoms with Gasteiger partial charge < -0.3 is 9.80 Å². The number of likely N-dealkylation sites (N-methyl/N-ethyl adjacent to an activating group) is 1. The second-order valence-corrected chi connectivity index (χ2v) is 13.9. The fourth-order valence-electron chi connectivity index (χ4n) is 6.10. The minimum atomic E-state index is -2.47. The summed E-state index contributed by atoms with van der Waals surface area (Å²) in [6.07, 6.45) is 0. The first-order valence-electron chi connectivity index (χ1n) is 13.9. The van der Waals surface area contributed by atoms with Gasteiger partial charge in [0.15, 0.2) is 0 Å². The molecule has 4 aromatic carbocycles. The van der Waals surface area contributed by atoms with E-state index in [-0.39, 0.29) is 11.2 Å². The van der Waals surface area contributed by atoms with Crippen LogP contribution in [0.25, 0.3) is 0 Å². The van der Waals surface area contributed by atoms with Crippen molar-refractivity contribution < 1.29 is 4.39 Å². The zero-order chi connectivity index (χ0) is 27.7. The summed E-state index contributed by atoms with van der Waals surface area (Å²) >= 11 is 0. The van der Waals surface area contributed by atoms with Crippen LogP contribution in [0.4, 0.5) is 21.5 Å². The van der Waals surface area contributed by atoms with Crippen molar-refractivity contribution in [1.29, 1.82) is 0 Å². The normalized spacial score (nSPS) is 19.4. The summed E-state index contributed by atoms with van der Waals surface area (Å²) in [5.74, 6) is 2.23. The molecule has 1 atom stereocenters. The van der Waals surface area contributed by atoms with Crippen LogP contribution in [-0.4, -0.2) is 37.9 Å². The lowest BCUT2D eigenvalue weighted by atomic mass is 9.84. The fraction of sp³-hybridized carbons (Fsp3) is 0.235. The number of fused-ring (bicyclic) bond motifs is 1. The lowest BCUT2D eigenvalue weighted by Crippen LogP contribution is -2.46. The molecule has 1 fully saturated rings. The average Bonchev–Trinajstić information content (AvgIpc) is 3.19. The molecule has 0 saturated carbocycles. The molecule has 0 radical (unpaired) electrons. The van der Waals surface area contributed by atoms with E-state index < -0.39 is 7.21 Å². The van der Waals surface area contributed by atoms with Crippen LogP contribution < -0.4 is 15.1 Å². The van der Waals surface area contributed by atoms with Crippen molar-refractivity contribution in [3.8, 4) is 0 Å². The van der Waals surface area contributed by atoms with Crippen molar-refractivity contribution in [3.05, 3.63) is 132 Å². The predicted octanol–water partition coefficient (Wildman–Crippen LogP) is 7.99. The topological polar surface area (TPSA) is 22.1 Å². The van der Waals surface area contributed by atoms with E-state index >= 15 is 0 Å². The van der Waals surface area contributed by atoms with Crippen LogP contribution in [0.5, 0.6) is 0 Å². The molecular formula is C34H36FN4P. The molecule has 1 saturated heterocycles. The minimum absolute atomic E-state index is 0.185. The number of para-hydroxylation sites is 2. The van der Waals surface area contributed by atoms with Gasteiger partial charge >= 0.3 is 0 Å². The third-order valence-electron chi connectivity index (χ3n) is 8.28. The maximum Gasteiger partial charge on any atom is 0.123 e. The van der Waals surface area contributed by atoms with Crippen molar-refractivity contribution in [3.63, 3.8) is 0 Å². The molecule has 0 amide bonds. The van der Waals surface area contributed by atoms with Gasteiger partial charge in [-0.2, -0.15) is 0 Å². The summed E-state index contributed by atoms with van der Waals surface area (Å²) < 4.78 is 22.2. The number of benzene rings is 4. The van der Waals surface area contributed by atoms with Crippen LogP contribution in [0.2, 0.25) is 0 Å². The van der Waals surface area contributed by atoms with Crippen LogP contribution in [-0.2, 0) is 5.41 Å². The molecule has 2 heterocycles. The van der Waals surface area contributed by atoms with E-state index in [0.717, 1.165) is 31.9 Å². The maximum absolute atomic E-state index is 14.0. The van der Waals surface area contributed by atoms with Gasteiger partial charge in [0.25, 0.3) is 0 Å². The van der Waals surface area contributed by atoms with Crippen molar-refractivity contribution in [2.45, 2.75) is 19.3 Å². The first-order valence-corrected chi connectivity index (χ1v) is 15.7. The molecule has 1 unspecified atom stereocenters. The predicted molar refractivity (Wildman–Crippen MR) is 168 cm³/mol. The second kappa shape index (κ2) is 10.7. The Morgan fingerprint density at radius 1 is 0.750 bits per heavy atom. The van der Waals surface area contributed by atoms with Gasteiger partial charge in [0.1, 0.15) is 5.82 Å². The fourth-order valence-corrected chi connectivity index (χ4v) is 9.76. The number of hydrogen-bond donors (Lipinski definition) is 0. The molecule has 6 rings (SSSR count). The van der Waals surface area contributed by atoms with Gasteiger partial charge in [0, 0.05) is 61.0 Å². The molecule has 4 nitrogen and oxygen atoms in total. The van der Waals surface area contributed by atoms with Crippen LogP contribution >= 0.6 is 7.21 Å². The van der Waals surface area contributed by atoms with Crippen LogP contribution in [0.15, 0.2) is 125 Å². The number of hydrogen-bond acceptors (Lipinski definition) is 3. The van der Waals surface area contributed by atoms with Gasteiger partial charge in [0.2, 0.25) is 0 Å². The summed E-state index contributed by atoms with van der Waals surface area (Å²) in [6.45, 7) is 8.21. The molecular weight excluding hydrogens is 514 g/mol. The van der Waals surface area contributed by atoms with E-state index in [1.807, 2.05) is 12.1 Å². The van der Waals surface area contributed by atoms with Crippen molar-refractivity contribution >= 4 is 29.6 Å². The number of rotatable bonds is 5. The largest absolute Gasteiger partial charge is 0.369 e. The summed E-state index contributed by atoms with van der Waals surface area (Å²) in [4.78, 5) is 4.80. The molecule has 6 heteroatoms. The Hall–Kier alpha value is -3.66. The van der Waals surface area contributed by atoms with E-state index in [1.165, 1.54) is 40.1 Å². The van der Waals surface area contributed by atoms with Gasteiger partial charge in [0.05, 0.1) is 12.9 Å². The van der Waals surface area contributed by atoms with E-state index in [9.17, 15) is 4.39 Å². The highest BCUT2D eigenvalue weighted by Gasteiger charge is 2.41. The van der Waals surface area contributed by atoms with Crippen LogP contribution in [0.1, 0.15) is 19.4 Å². The molecule has 0 N–H and O–H groups in total. The first kappa shape index (κ1) is 26.6. The van der Waals surface area contributed by atoms with Gasteiger partial charge in [-0.05, 0) is 53.8 Å². The summed E-state index contributed by atoms with van der Waals surface area (Å²) in [5, 5.41) is 1.21. The second-order valence-electron chi connectivity index (χ2n) is 11.1. The molecule has 4 aromatic rings. The van der Waals surface area contributed by atoms with Gasteiger partial charge in [-0.1, -0.05) is 80.6 Å². The van der Waals surface area contributed by atoms with E-state index in [4.69, 9.17) is 4.74 Å². The molecule has 2 aliphatic heterocycles. The Balaban J connectivity index is 1.53. The summed E-state index contributed by atoms with van der Waals surface area (Å²) in [7, 11) is -0.297. The van der Waals surface area contributed by atoms with Crippen molar-refractivity contribution in [2.24, 2.45) is 4.74 Å². The van der Waals surface area contributed by atoms with Crippen LogP contribution in [0.3, 0.4) is 0 Å². The summed E-state index contributed by atoms with van der Waals surface area (Å²) in [5.41, 5.74) is 5.69. The zero-order valence-corrected chi connectivity index (χ0v) is 24.3. The first-order chi connectivity index (χ1) is 19.4. The lowest BCUT2D eigenvalue weighted by Gasteiger charge is -2.43. The highest BCUT2D eigenvalue weighted by atomic mass is 31.2. The summed E-state index contributed by atoms with van der Waals surface area (Å²) in [6, 6.07) is 36.7. The smallest absolute Gasteiger partial charge is 0.123 e. The van der Waals surface area contributed by atoms with Crippen LogP contribution in [0, 0.1) is 5.82 Å². The lowest BCUT2D eigenvalue weighted by molar-refractivity contribution is 0.417. The molecule has 0 spiro atoms. The highest BCUT2D eigenvalue weighted by Crippen LogP contribution is 2.60. The SMILES string of the molecule is CN1C(=CP(=Nc2ccc(F)cc2)(c2ccccc2)N2CCN(c3ccccc3)CC2)C(C)(C)c2ccccc21. The number of nitrogens with zero attached hydrogens (tertiary/aromatic N) is 4. The molecule has 2 aliphatic rings. The van der Waals surface area contributed by atoms with E-state index in [1.54, 1.807) is 0 Å². The Morgan fingerprint density at radius 2 is 1.35 bits per heavy atom. The monoisotopic (exact) mass is 550 g/mol. The Labute approximate surface area is 237 Å². The van der Waals surface area contributed by atoms with Crippen molar-refractivity contribution in [2.75, 3.05) is 43.0 Å². The third kappa shape index (κ3) is 4.78. The number of allylic oxidation sites excluding steroid dienone is 1. The average molecular weight is 551 g/mol. The number of halogens is 1. The third-order valence-corrected chi connectivity index (χ3v) is 11.7. The van der Waals surface area contributed by atoms with Gasteiger partial charge in [-0.25, -0.2) is 9.14 Å². The Morgan fingerprint density at radius 3 is 2.00 bits per heavy atom. The van der Waals surface area contributed by atoms with Crippen molar-refractivity contribution in [1.82, 2.24) is 4.67 Å². The Kier molecular flexibility index (Phi) is 7.12. The minimum Gasteiger partial charge on any atom is -0.369 e. The molecule has 0 aliphatic carbocycles.